The lowest BCUT2D eigenvalue weighted by Crippen LogP contribution is -2.64. The van der Waals surface area contributed by atoms with E-state index in [1.807, 2.05) is 27.7 Å². The first-order valence-corrected chi connectivity index (χ1v) is 6.38. The van der Waals surface area contributed by atoms with Crippen molar-refractivity contribution in [3.63, 3.8) is 0 Å². The van der Waals surface area contributed by atoms with Crippen LogP contribution in [0.3, 0.4) is 0 Å². The van der Waals surface area contributed by atoms with Gasteiger partial charge in [0.15, 0.2) is 0 Å². The van der Waals surface area contributed by atoms with E-state index >= 15 is 0 Å². The maximum atomic E-state index is 11.3. The zero-order valence-corrected chi connectivity index (χ0v) is 11.6. The molecule has 0 bridgehead atoms. The molecule has 0 fully saturated rings. The molecule has 15 heavy (non-hydrogen) atoms. The summed E-state index contributed by atoms with van der Waals surface area (Å²) in [6, 6.07) is 0. The molecule has 0 aromatic carbocycles. The van der Waals surface area contributed by atoms with Crippen LogP contribution >= 0.6 is 12.2 Å². The first kappa shape index (κ1) is 14.6. The molecule has 0 radical (unpaired) electrons. The van der Waals surface area contributed by atoms with Crippen molar-refractivity contribution in [3.8, 4) is 0 Å². The van der Waals surface area contributed by atoms with Crippen molar-refractivity contribution in [3.05, 3.63) is 0 Å². The van der Waals surface area contributed by atoms with Crippen LogP contribution in [0.5, 0.6) is 0 Å². The minimum absolute atomic E-state index is 0.638. The fraction of sp³-hybridized carbons (Fsp3) is 0.889. The minimum Gasteiger partial charge on any atom is -0.539 e. The molecule has 0 aliphatic carbocycles. The van der Waals surface area contributed by atoms with Gasteiger partial charge < -0.3 is 15.0 Å². The van der Waals surface area contributed by atoms with Gasteiger partial charge in [-0.05, 0) is 33.0 Å². The molecule has 0 saturated heterocycles. The zero-order chi connectivity index (χ0) is 12.5. The van der Waals surface area contributed by atoms with Crippen molar-refractivity contribution in [2.75, 3.05) is 0 Å². The van der Waals surface area contributed by atoms with E-state index in [-0.39, 0.29) is 0 Å². The number of isothiocyanates is 1. The SMILES string of the molecule is CC(C)(N=C=S)C(C)(C)C(C)(N)[Si](=O)O. The molecule has 0 aromatic heterocycles. The Bertz CT molecular complexity index is 304. The van der Waals surface area contributed by atoms with Crippen LogP contribution in [-0.2, 0) is 4.46 Å². The van der Waals surface area contributed by atoms with Crippen molar-refractivity contribution in [2.45, 2.75) is 45.3 Å². The van der Waals surface area contributed by atoms with Gasteiger partial charge in [-0.15, -0.1) is 0 Å². The Morgan fingerprint density at radius 1 is 1.33 bits per heavy atom. The molecule has 6 heteroatoms. The highest BCUT2D eigenvalue weighted by Crippen LogP contribution is 2.41. The summed E-state index contributed by atoms with van der Waals surface area (Å²) >= 11 is 4.57. The number of hydrogen-bond acceptors (Lipinski definition) is 4. The molecule has 3 N–H and O–H groups in total. The van der Waals surface area contributed by atoms with Gasteiger partial charge >= 0.3 is 8.93 Å². The third-order valence-electron chi connectivity index (χ3n) is 3.60. The van der Waals surface area contributed by atoms with Gasteiger partial charge in [0.25, 0.3) is 0 Å². The molecular weight excluding hydrogens is 228 g/mol. The molecular formula is C9H18N2O2SSi. The fourth-order valence-corrected chi connectivity index (χ4v) is 2.23. The summed E-state index contributed by atoms with van der Waals surface area (Å²) < 4.78 is 11.3. The largest absolute Gasteiger partial charge is 0.539 e. The predicted molar refractivity (Wildman–Crippen MR) is 64.1 cm³/mol. The van der Waals surface area contributed by atoms with Crippen molar-refractivity contribution < 1.29 is 9.26 Å². The van der Waals surface area contributed by atoms with E-state index < -0.39 is 25.0 Å². The molecule has 0 heterocycles. The van der Waals surface area contributed by atoms with Crippen LogP contribution in [-0.4, -0.2) is 29.6 Å². The molecule has 0 aromatic rings. The second-order valence-corrected chi connectivity index (χ2v) is 6.73. The first-order chi connectivity index (χ1) is 6.50. The van der Waals surface area contributed by atoms with Crippen LogP contribution in [0.4, 0.5) is 0 Å². The van der Waals surface area contributed by atoms with Crippen LogP contribution in [0.1, 0.15) is 34.6 Å². The smallest absolute Gasteiger partial charge is 0.521 e. The van der Waals surface area contributed by atoms with Gasteiger partial charge in [0.1, 0.15) is 5.16 Å². The maximum Gasteiger partial charge on any atom is 0.521 e. The van der Waals surface area contributed by atoms with Gasteiger partial charge in [0.05, 0.1) is 10.7 Å². The van der Waals surface area contributed by atoms with E-state index in [0.29, 0.717) is 0 Å². The fourth-order valence-electron chi connectivity index (χ4n) is 1.16. The van der Waals surface area contributed by atoms with E-state index in [9.17, 15) is 9.26 Å². The summed E-state index contributed by atoms with van der Waals surface area (Å²) in [7, 11) is -2.86. The molecule has 1 unspecified atom stereocenters. The van der Waals surface area contributed by atoms with Gasteiger partial charge in [0, 0.05) is 5.41 Å². The number of hydrogen-bond donors (Lipinski definition) is 2. The van der Waals surface area contributed by atoms with Gasteiger partial charge in [-0.1, -0.05) is 13.8 Å². The number of aliphatic imine (C=N–C) groups is 1. The van der Waals surface area contributed by atoms with Crippen molar-refractivity contribution in [1.29, 1.82) is 0 Å². The van der Waals surface area contributed by atoms with E-state index in [2.05, 4.69) is 22.4 Å². The predicted octanol–water partition coefficient (Wildman–Crippen LogP) is 1.06. The highest BCUT2D eigenvalue weighted by molar-refractivity contribution is 7.78. The van der Waals surface area contributed by atoms with Gasteiger partial charge in [-0.2, -0.15) is 0 Å². The maximum absolute atomic E-state index is 11.3. The Hall–Kier alpha value is -0.423. The van der Waals surface area contributed by atoms with Crippen molar-refractivity contribution in [1.82, 2.24) is 0 Å². The van der Waals surface area contributed by atoms with Crippen LogP contribution in [0.2, 0.25) is 0 Å². The molecule has 1 atom stereocenters. The topological polar surface area (TPSA) is 75.7 Å². The van der Waals surface area contributed by atoms with Gasteiger partial charge in [0.2, 0.25) is 0 Å². The molecule has 0 rings (SSSR count). The second kappa shape index (κ2) is 4.21. The van der Waals surface area contributed by atoms with Gasteiger partial charge in [-0.25, -0.2) is 4.99 Å². The summed E-state index contributed by atoms with van der Waals surface area (Å²) in [6.45, 7) is 8.82. The highest BCUT2D eigenvalue weighted by Gasteiger charge is 2.54. The average molecular weight is 246 g/mol. The number of nitrogens with two attached hydrogens (primary N) is 1. The van der Waals surface area contributed by atoms with Crippen molar-refractivity contribution in [2.24, 2.45) is 16.1 Å². The van der Waals surface area contributed by atoms with E-state index in [1.165, 1.54) is 0 Å². The van der Waals surface area contributed by atoms with Crippen molar-refractivity contribution >= 4 is 26.3 Å². The molecule has 86 valence electrons. The molecule has 4 nitrogen and oxygen atoms in total. The summed E-state index contributed by atoms with van der Waals surface area (Å²) in [5.41, 5.74) is 4.61. The number of nitrogens with zero attached hydrogens (tertiary/aromatic N) is 1. The van der Waals surface area contributed by atoms with E-state index in [1.54, 1.807) is 6.92 Å². The Balaban J connectivity index is 5.49. The standard InChI is InChI=1S/C9H18N2O2SSi/c1-7(2,8(3,4)11-6-14)9(5,10)15(12)13/h12H,10H2,1-5H3. The minimum atomic E-state index is -2.86. The van der Waals surface area contributed by atoms with Gasteiger partial charge in [-0.3, -0.25) is 0 Å². The highest BCUT2D eigenvalue weighted by atomic mass is 32.1. The Kier molecular flexibility index (Phi) is 4.09. The van der Waals surface area contributed by atoms with Crippen LogP contribution in [0.25, 0.3) is 0 Å². The van der Waals surface area contributed by atoms with Crippen LogP contribution in [0, 0.1) is 5.41 Å². The zero-order valence-electron chi connectivity index (χ0n) is 9.79. The van der Waals surface area contributed by atoms with Crippen LogP contribution < -0.4 is 5.73 Å². The summed E-state index contributed by atoms with van der Waals surface area (Å²) in [6.07, 6.45) is 0. The molecule has 0 saturated carbocycles. The third-order valence-corrected chi connectivity index (χ3v) is 5.20. The Morgan fingerprint density at radius 2 is 1.73 bits per heavy atom. The Labute approximate surface area is 97.4 Å². The Morgan fingerprint density at radius 3 is 2.00 bits per heavy atom. The molecule has 0 spiro atoms. The first-order valence-electron chi connectivity index (χ1n) is 4.62. The van der Waals surface area contributed by atoms with Crippen LogP contribution in [0.15, 0.2) is 4.99 Å². The summed E-state index contributed by atoms with van der Waals surface area (Å²) in [5.74, 6) is 0. The lowest BCUT2D eigenvalue weighted by Gasteiger charge is -2.46. The molecule has 0 amide bonds. The lowest BCUT2D eigenvalue weighted by molar-refractivity contribution is 0.125. The third kappa shape index (κ3) is 2.39. The number of rotatable bonds is 4. The second-order valence-electron chi connectivity index (χ2n) is 4.89. The van der Waals surface area contributed by atoms with E-state index in [4.69, 9.17) is 5.73 Å². The molecule has 0 aliphatic rings. The monoisotopic (exact) mass is 246 g/mol. The summed E-state index contributed by atoms with van der Waals surface area (Å²) in [4.78, 5) is 13.3. The number of thiocarbonyl (C=S) groups is 1. The van der Waals surface area contributed by atoms with E-state index in [0.717, 1.165) is 0 Å². The average Bonchev–Trinajstić information content (AvgIpc) is 2.02. The summed E-state index contributed by atoms with van der Waals surface area (Å²) in [5, 5.41) is 1.11. The normalized spacial score (nSPS) is 16.4. The lowest BCUT2D eigenvalue weighted by atomic mass is 9.70. The quantitative estimate of drug-likeness (QED) is 0.442. The molecule has 0 aliphatic heterocycles.